The van der Waals surface area contributed by atoms with Gasteiger partial charge in [-0.3, -0.25) is 0 Å². The first kappa shape index (κ1) is 11.7. The van der Waals surface area contributed by atoms with E-state index >= 15 is 0 Å². The molecule has 1 atom stereocenters. The number of nitrogens with zero attached hydrogens (tertiary/aromatic N) is 1. The predicted molar refractivity (Wildman–Crippen MR) is 62.7 cm³/mol. The van der Waals surface area contributed by atoms with E-state index in [9.17, 15) is 0 Å². The van der Waals surface area contributed by atoms with Gasteiger partial charge in [0.2, 0.25) is 0 Å². The fourth-order valence-electron chi connectivity index (χ4n) is 1.19. The smallest absolute Gasteiger partial charge is 0.0928 e. The maximum Gasteiger partial charge on any atom is 0.0928 e. The Kier molecular flexibility index (Phi) is 4.55. The molecule has 0 spiro atoms. The van der Waals surface area contributed by atoms with Gasteiger partial charge in [0.25, 0.3) is 0 Å². The van der Waals surface area contributed by atoms with Crippen molar-refractivity contribution in [1.29, 1.82) is 0 Å². The maximum atomic E-state index is 4.44. The molecule has 1 heterocycles. The second-order valence-corrected chi connectivity index (χ2v) is 5.25. The third-order valence-electron chi connectivity index (χ3n) is 2.37. The first-order valence-electron chi connectivity index (χ1n) is 5.25. The Morgan fingerprint density at radius 2 is 2.14 bits per heavy atom. The van der Waals surface area contributed by atoms with Gasteiger partial charge in [-0.05, 0) is 32.7 Å². The summed E-state index contributed by atoms with van der Waals surface area (Å²) in [5.74, 6) is 0.768. The molecule has 0 fully saturated rings. The lowest BCUT2D eigenvalue weighted by atomic mass is 10.1. The Balaban J connectivity index is 2.50. The zero-order valence-corrected chi connectivity index (χ0v) is 10.3. The van der Waals surface area contributed by atoms with Crippen molar-refractivity contribution in [3.63, 3.8) is 0 Å². The van der Waals surface area contributed by atoms with Crippen molar-refractivity contribution in [3.05, 3.63) is 16.1 Å². The zero-order valence-electron chi connectivity index (χ0n) is 9.50. The summed E-state index contributed by atoms with van der Waals surface area (Å²) in [6.45, 7) is 6.68. The molecular formula is C11H20N2S. The van der Waals surface area contributed by atoms with Crippen molar-refractivity contribution >= 4 is 11.3 Å². The van der Waals surface area contributed by atoms with Gasteiger partial charge in [-0.2, -0.15) is 0 Å². The maximum absolute atomic E-state index is 4.44. The minimum absolute atomic E-state index is 0.431. The number of rotatable bonds is 5. The zero-order chi connectivity index (χ0) is 10.6. The summed E-state index contributed by atoms with van der Waals surface area (Å²) < 4.78 is 0. The number of hydrogen-bond acceptors (Lipinski definition) is 3. The average molecular weight is 212 g/mol. The largest absolute Gasteiger partial charge is 0.312 e. The third-order valence-corrected chi connectivity index (χ3v) is 3.61. The predicted octanol–water partition coefficient (Wildman–Crippen LogP) is 3.01. The molecule has 0 saturated carbocycles. The third kappa shape index (κ3) is 3.39. The number of hydrogen-bond donors (Lipinski definition) is 1. The minimum atomic E-state index is 0.431. The highest BCUT2D eigenvalue weighted by Gasteiger charge is 2.07. The van der Waals surface area contributed by atoms with E-state index in [0.717, 1.165) is 12.3 Å². The van der Waals surface area contributed by atoms with E-state index in [1.807, 2.05) is 24.6 Å². The SMILES string of the molecule is CNC(C)c1cnc(CCC(C)C)s1. The number of aryl methyl sites for hydroxylation is 1. The summed E-state index contributed by atoms with van der Waals surface area (Å²) in [6.07, 6.45) is 4.36. The molecule has 0 aliphatic heterocycles. The molecule has 1 N–H and O–H groups in total. The number of nitrogens with one attached hydrogen (secondary N) is 1. The number of aromatic nitrogens is 1. The lowest BCUT2D eigenvalue weighted by Gasteiger charge is -2.05. The van der Waals surface area contributed by atoms with E-state index in [1.165, 1.54) is 16.3 Å². The summed E-state index contributed by atoms with van der Waals surface area (Å²) in [5, 5.41) is 4.50. The lowest BCUT2D eigenvalue weighted by molar-refractivity contribution is 0.585. The average Bonchev–Trinajstić information content (AvgIpc) is 2.62. The van der Waals surface area contributed by atoms with Crippen molar-refractivity contribution in [1.82, 2.24) is 10.3 Å². The molecule has 0 radical (unpaired) electrons. The van der Waals surface area contributed by atoms with Crippen LogP contribution in [0.15, 0.2) is 6.20 Å². The van der Waals surface area contributed by atoms with Gasteiger partial charge in [0.15, 0.2) is 0 Å². The van der Waals surface area contributed by atoms with Crippen LogP contribution in [-0.2, 0) is 6.42 Å². The summed E-state index contributed by atoms with van der Waals surface area (Å²) in [7, 11) is 1.98. The van der Waals surface area contributed by atoms with E-state index < -0.39 is 0 Å². The van der Waals surface area contributed by atoms with Crippen molar-refractivity contribution in [2.75, 3.05) is 7.05 Å². The molecule has 1 aromatic rings. The van der Waals surface area contributed by atoms with Crippen LogP contribution in [0, 0.1) is 5.92 Å². The Hall–Kier alpha value is -0.410. The van der Waals surface area contributed by atoms with Crippen LogP contribution in [0.5, 0.6) is 0 Å². The van der Waals surface area contributed by atoms with E-state index in [2.05, 4.69) is 31.1 Å². The summed E-state index contributed by atoms with van der Waals surface area (Å²) in [4.78, 5) is 5.77. The topological polar surface area (TPSA) is 24.9 Å². The highest BCUT2D eigenvalue weighted by molar-refractivity contribution is 7.11. The van der Waals surface area contributed by atoms with E-state index in [1.54, 1.807) is 0 Å². The molecule has 2 nitrogen and oxygen atoms in total. The van der Waals surface area contributed by atoms with Gasteiger partial charge in [0, 0.05) is 17.1 Å². The molecule has 14 heavy (non-hydrogen) atoms. The molecule has 3 heteroatoms. The highest BCUT2D eigenvalue weighted by Crippen LogP contribution is 2.21. The molecule has 0 amide bonds. The monoisotopic (exact) mass is 212 g/mol. The van der Waals surface area contributed by atoms with E-state index in [0.29, 0.717) is 6.04 Å². The van der Waals surface area contributed by atoms with Gasteiger partial charge < -0.3 is 5.32 Å². The van der Waals surface area contributed by atoms with Gasteiger partial charge in [0.1, 0.15) is 0 Å². The van der Waals surface area contributed by atoms with E-state index in [-0.39, 0.29) is 0 Å². The number of thiazole rings is 1. The second kappa shape index (κ2) is 5.47. The first-order valence-corrected chi connectivity index (χ1v) is 6.07. The first-order chi connectivity index (χ1) is 6.63. The molecule has 1 unspecified atom stereocenters. The molecule has 1 aromatic heterocycles. The molecule has 0 aromatic carbocycles. The fourth-order valence-corrected chi connectivity index (χ4v) is 2.19. The Morgan fingerprint density at radius 1 is 1.43 bits per heavy atom. The molecular weight excluding hydrogens is 192 g/mol. The van der Waals surface area contributed by atoms with Crippen LogP contribution in [0.3, 0.4) is 0 Å². The van der Waals surface area contributed by atoms with Gasteiger partial charge >= 0.3 is 0 Å². The molecule has 0 saturated heterocycles. The molecule has 0 bridgehead atoms. The Labute approximate surface area is 90.8 Å². The molecule has 80 valence electrons. The summed E-state index contributed by atoms with van der Waals surface area (Å²) >= 11 is 1.83. The van der Waals surface area contributed by atoms with Crippen molar-refractivity contribution in [3.8, 4) is 0 Å². The Bertz CT molecular complexity index is 268. The summed E-state index contributed by atoms with van der Waals surface area (Å²) in [6, 6.07) is 0.431. The lowest BCUT2D eigenvalue weighted by Crippen LogP contribution is -2.10. The van der Waals surface area contributed by atoms with Crippen LogP contribution < -0.4 is 5.32 Å². The second-order valence-electron chi connectivity index (χ2n) is 4.10. The van der Waals surface area contributed by atoms with Crippen LogP contribution in [0.4, 0.5) is 0 Å². The fraction of sp³-hybridized carbons (Fsp3) is 0.727. The van der Waals surface area contributed by atoms with Crippen molar-refractivity contribution in [2.45, 2.75) is 39.7 Å². The van der Waals surface area contributed by atoms with Crippen molar-refractivity contribution < 1.29 is 0 Å². The van der Waals surface area contributed by atoms with Crippen LogP contribution in [0.25, 0.3) is 0 Å². The van der Waals surface area contributed by atoms with Gasteiger partial charge in [-0.15, -0.1) is 11.3 Å². The minimum Gasteiger partial charge on any atom is -0.312 e. The molecule has 1 rings (SSSR count). The van der Waals surface area contributed by atoms with Crippen molar-refractivity contribution in [2.24, 2.45) is 5.92 Å². The summed E-state index contributed by atoms with van der Waals surface area (Å²) in [5.41, 5.74) is 0. The molecule has 0 aliphatic carbocycles. The highest BCUT2D eigenvalue weighted by atomic mass is 32.1. The van der Waals surface area contributed by atoms with Gasteiger partial charge in [-0.25, -0.2) is 4.98 Å². The van der Waals surface area contributed by atoms with Gasteiger partial charge in [0.05, 0.1) is 5.01 Å². The molecule has 0 aliphatic rings. The normalized spacial score (nSPS) is 13.5. The van der Waals surface area contributed by atoms with Gasteiger partial charge in [-0.1, -0.05) is 13.8 Å². The van der Waals surface area contributed by atoms with Crippen LogP contribution >= 0.6 is 11.3 Å². The Morgan fingerprint density at radius 3 is 2.71 bits per heavy atom. The van der Waals surface area contributed by atoms with E-state index in [4.69, 9.17) is 0 Å². The van der Waals surface area contributed by atoms with Crippen LogP contribution in [0.1, 0.15) is 43.1 Å². The standard InChI is InChI=1S/C11H20N2S/c1-8(2)5-6-11-13-7-10(14-11)9(3)12-4/h7-9,12H,5-6H2,1-4H3. The quantitative estimate of drug-likeness (QED) is 0.811. The van der Waals surface area contributed by atoms with Crippen LogP contribution in [0.2, 0.25) is 0 Å². The van der Waals surface area contributed by atoms with Crippen LogP contribution in [-0.4, -0.2) is 12.0 Å².